The van der Waals surface area contributed by atoms with E-state index in [9.17, 15) is 0 Å². The summed E-state index contributed by atoms with van der Waals surface area (Å²) in [5.41, 5.74) is 14.1. The van der Waals surface area contributed by atoms with Crippen LogP contribution in [0, 0.1) is 0 Å². The maximum atomic E-state index is 6.76. The predicted octanol–water partition coefficient (Wildman–Crippen LogP) is 12.9. The van der Waals surface area contributed by atoms with E-state index in [0.717, 1.165) is 72.1 Å². The molecular weight excluding hydrogens is 587 g/mol. The van der Waals surface area contributed by atoms with Crippen LogP contribution in [0.3, 0.4) is 0 Å². The molecule has 0 amide bonds. The first-order chi connectivity index (χ1) is 23.6. The van der Waals surface area contributed by atoms with Crippen molar-refractivity contribution >= 4 is 60.9 Å². The third-order valence-corrected chi connectivity index (χ3v) is 10.3. The Morgan fingerprint density at radius 3 is 2.02 bits per heavy atom. The van der Waals surface area contributed by atoms with Crippen molar-refractivity contribution in [3.05, 3.63) is 163 Å². The van der Waals surface area contributed by atoms with E-state index in [1.165, 1.54) is 22.3 Å². The number of rotatable bonds is 4. The van der Waals surface area contributed by atoms with E-state index in [0.29, 0.717) is 0 Å². The van der Waals surface area contributed by atoms with Gasteiger partial charge in [0.2, 0.25) is 0 Å². The molecule has 0 saturated carbocycles. The van der Waals surface area contributed by atoms with Gasteiger partial charge >= 0.3 is 0 Å². The van der Waals surface area contributed by atoms with Crippen LogP contribution in [-0.2, 0) is 5.41 Å². The Morgan fingerprint density at radius 2 is 1.17 bits per heavy atom. The Bertz CT molecular complexity index is 2710. The van der Waals surface area contributed by atoms with Crippen molar-refractivity contribution in [2.45, 2.75) is 19.3 Å². The molecular formula is C45H31NO2. The van der Waals surface area contributed by atoms with Crippen LogP contribution in [0.1, 0.15) is 25.0 Å². The first-order valence-electron chi connectivity index (χ1n) is 16.5. The van der Waals surface area contributed by atoms with Gasteiger partial charge in [-0.15, -0.1) is 0 Å². The van der Waals surface area contributed by atoms with Gasteiger partial charge in [-0.2, -0.15) is 0 Å². The lowest BCUT2D eigenvalue weighted by Crippen LogP contribution is -2.16. The fourth-order valence-electron chi connectivity index (χ4n) is 8.02. The fourth-order valence-corrected chi connectivity index (χ4v) is 8.02. The maximum absolute atomic E-state index is 6.76. The topological polar surface area (TPSA) is 29.5 Å². The van der Waals surface area contributed by atoms with E-state index in [4.69, 9.17) is 8.83 Å². The average molecular weight is 618 g/mol. The molecule has 1 aliphatic rings. The molecule has 0 fully saturated rings. The summed E-state index contributed by atoms with van der Waals surface area (Å²) in [6.07, 6.45) is 0. The molecule has 48 heavy (non-hydrogen) atoms. The van der Waals surface area contributed by atoms with Crippen molar-refractivity contribution in [1.29, 1.82) is 0 Å². The molecule has 0 spiro atoms. The molecule has 2 heterocycles. The highest BCUT2D eigenvalue weighted by Crippen LogP contribution is 2.55. The van der Waals surface area contributed by atoms with Gasteiger partial charge in [-0.05, 0) is 70.8 Å². The molecule has 3 nitrogen and oxygen atoms in total. The molecule has 0 saturated heterocycles. The van der Waals surface area contributed by atoms with Gasteiger partial charge in [0.25, 0.3) is 0 Å². The molecule has 3 heteroatoms. The Labute approximate surface area is 278 Å². The van der Waals surface area contributed by atoms with E-state index < -0.39 is 0 Å². The second kappa shape index (κ2) is 9.97. The quantitative estimate of drug-likeness (QED) is 0.197. The molecule has 228 valence electrons. The van der Waals surface area contributed by atoms with Gasteiger partial charge in [0.05, 0.1) is 16.8 Å². The summed E-state index contributed by atoms with van der Waals surface area (Å²) in [7, 11) is 0. The lowest BCUT2D eigenvalue weighted by molar-refractivity contribution is 0.660. The summed E-state index contributed by atoms with van der Waals surface area (Å²) in [5.74, 6) is 0. The second-order valence-corrected chi connectivity index (χ2v) is 13.3. The van der Waals surface area contributed by atoms with E-state index >= 15 is 0 Å². The zero-order chi connectivity index (χ0) is 32.0. The third-order valence-electron chi connectivity index (χ3n) is 10.3. The minimum Gasteiger partial charge on any atom is -0.456 e. The zero-order valence-corrected chi connectivity index (χ0v) is 26.7. The fraction of sp³-hybridized carbons (Fsp3) is 0.0667. The highest BCUT2D eigenvalue weighted by atomic mass is 16.3. The van der Waals surface area contributed by atoms with Gasteiger partial charge in [-0.25, -0.2) is 0 Å². The summed E-state index contributed by atoms with van der Waals surface area (Å²) in [6, 6.07) is 53.9. The number of para-hydroxylation sites is 2. The maximum Gasteiger partial charge on any atom is 0.145 e. The molecule has 0 atom stereocenters. The van der Waals surface area contributed by atoms with Crippen LogP contribution < -0.4 is 4.90 Å². The SMILES string of the molecule is CC1(C)c2ccccc2-c2c(N(c3ccc4oc5ccccc5c4c3)c3ccc(-c4ccccc4)c4oc5ccccc5c34)cccc21. The Balaban J connectivity index is 1.33. The van der Waals surface area contributed by atoms with Crippen LogP contribution in [-0.4, -0.2) is 0 Å². The van der Waals surface area contributed by atoms with Gasteiger partial charge in [0.15, 0.2) is 0 Å². The van der Waals surface area contributed by atoms with Crippen LogP contribution in [0.5, 0.6) is 0 Å². The minimum absolute atomic E-state index is 0.132. The van der Waals surface area contributed by atoms with Crippen molar-refractivity contribution in [3.63, 3.8) is 0 Å². The first-order valence-corrected chi connectivity index (χ1v) is 16.5. The number of hydrogen-bond acceptors (Lipinski definition) is 3. The number of nitrogens with zero attached hydrogens (tertiary/aromatic N) is 1. The van der Waals surface area contributed by atoms with Crippen LogP contribution >= 0.6 is 0 Å². The molecule has 1 aliphatic carbocycles. The number of benzene rings is 7. The standard InChI is InChI=1S/C45H31NO2/c1-45(2)35-18-9-6-16-32(35)42-36(45)19-12-20-37(42)46(29-23-26-41-34(27-29)31-15-7-10-21-39(31)47-41)38-25-24-30(28-13-4-3-5-14-28)44-43(38)33-17-8-11-22-40(33)48-44/h3-27H,1-2H3. The molecule has 0 unspecified atom stereocenters. The molecule has 0 bridgehead atoms. The number of anilines is 3. The largest absolute Gasteiger partial charge is 0.456 e. The number of hydrogen-bond donors (Lipinski definition) is 0. The summed E-state index contributed by atoms with van der Waals surface area (Å²) in [6.45, 7) is 4.68. The summed E-state index contributed by atoms with van der Waals surface area (Å²) >= 11 is 0. The zero-order valence-electron chi connectivity index (χ0n) is 26.7. The lowest BCUT2D eigenvalue weighted by Gasteiger charge is -2.29. The van der Waals surface area contributed by atoms with Gasteiger partial charge < -0.3 is 13.7 Å². The molecule has 0 radical (unpaired) electrons. The highest BCUT2D eigenvalue weighted by Gasteiger charge is 2.38. The summed E-state index contributed by atoms with van der Waals surface area (Å²) in [5, 5.41) is 4.38. The minimum atomic E-state index is -0.132. The Morgan fingerprint density at radius 1 is 0.479 bits per heavy atom. The van der Waals surface area contributed by atoms with Crippen molar-refractivity contribution in [2.24, 2.45) is 0 Å². The van der Waals surface area contributed by atoms with Crippen LogP contribution in [0.15, 0.2) is 160 Å². The highest BCUT2D eigenvalue weighted by molar-refractivity contribution is 6.18. The van der Waals surface area contributed by atoms with Crippen molar-refractivity contribution < 1.29 is 8.83 Å². The van der Waals surface area contributed by atoms with Crippen molar-refractivity contribution in [3.8, 4) is 22.3 Å². The lowest BCUT2D eigenvalue weighted by atomic mass is 9.82. The summed E-state index contributed by atoms with van der Waals surface area (Å²) in [4.78, 5) is 2.44. The molecule has 0 N–H and O–H groups in total. The van der Waals surface area contributed by atoms with Gasteiger partial charge in [-0.1, -0.05) is 117 Å². The second-order valence-electron chi connectivity index (χ2n) is 13.3. The van der Waals surface area contributed by atoms with Crippen LogP contribution in [0.4, 0.5) is 17.1 Å². The molecule has 9 aromatic rings. The Kier molecular flexibility index (Phi) is 5.63. The van der Waals surface area contributed by atoms with E-state index in [1.54, 1.807) is 0 Å². The third kappa shape index (κ3) is 3.76. The predicted molar refractivity (Wildman–Crippen MR) is 199 cm³/mol. The van der Waals surface area contributed by atoms with E-state index in [2.05, 4.69) is 152 Å². The molecule has 7 aromatic carbocycles. The van der Waals surface area contributed by atoms with Gasteiger partial charge in [0.1, 0.15) is 22.3 Å². The van der Waals surface area contributed by atoms with Crippen molar-refractivity contribution in [1.82, 2.24) is 0 Å². The van der Waals surface area contributed by atoms with Gasteiger partial charge in [-0.3, -0.25) is 0 Å². The molecule has 2 aromatic heterocycles. The molecule has 10 rings (SSSR count). The normalized spacial score (nSPS) is 13.4. The van der Waals surface area contributed by atoms with Gasteiger partial charge in [0, 0.05) is 38.4 Å². The van der Waals surface area contributed by atoms with Crippen LogP contribution in [0.2, 0.25) is 0 Å². The van der Waals surface area contributed by atoms with E-state index in [1.807, 2.05) is 18.2 Å². The summed E-state index contributed by atoms with van der Waals surface area (Å²) < 4.78 is 13.0. The Hall–Kier alpha value is -6.06. The average Bonchev–Trinajstić information content (AvgIpc) is 3.77. The van der Waals surface area contributed by atoms with Crippen LogP contribution in [0.25, 0.3) is 66.1 Å². The van der Waals surface area contributed by atoms with E-state index in [-0.39, 0.29) is 5.41 Å². The number of fused-ring (bicyclic) bond motifs is 9. The smallest absolute Gasteiger partial charge is 0.145 e. The molecule has 0 aliphatic heterocycles. The number of furan rings is 2. The monoisotopic (exact) mass is 617 g/mol. The first kappa shape index (κ1) is 27.1. The van der Waals surface area contributed by atoms with Crippen molar-refractivity contribution in [2.75, 3.05) is 4.90 Å².